The van der Waals surface area contributed by atoms with Gasteiger partial charge in [-0.15, -0.1) is 0 Å². The molecule has 3 aromatic carbocycles. The van der Waals surface area contributed by atoms with Gasteiger partial charge in [0, 0.05) is 6.07 Å². The summed E-state index contributed by atoms with van der Waals surface area (Å²) in [6, 6.07) is 18.6. The number of esters is 1. The van der Waals surface area contributed by atoms with Gasteiger partial charge in [0.2, 0.25) is 0 Å². The molecule has 0 aliphatic carbocycles. The van der Waals surface area contributed by atoms with E-state index in [0.29, 0.717) is 38.8 Å². The molecule has 0 bridgehead atoms. The summed E-state index contributed by atoms with van der Waals surface area (Å²) in [6.45, 7) is 0. The third kappa shape index (κ3) is 4.90. The van der Waals surface area contributed by atoms with Gasteiger partial charge in [0.1, 0.15) is 11.5 Å². The molecule has 0 N–H and O–H groups in total. The molecule has 0 spiro atoms. The minimum atomic E-state index is -0.531. The highest BCUT2D eigenvalue weighted by molar-refractivity contribution is 7.99. The zero-order valence-electron chi connectivity index (χ0n) is 19.3. The van der Waals surface area contributed by atoms with Crippen LogP contribution < -0.4 is 15.0 Å². The Kier molecular flexibility index (Phi) is 7.17. The number of carbonyl (C=O) groups excluding carboxylic acids is 2. The summed E-state index contributed by atoms with van der Waals surface area (Å²) in [5.74, 6) is 0.235. The molecular formula is C26H22N2O6S. The highest BCUT2D eigenvalue weighted by Crippen LogP contribution is 2.28. The van der Waals surface area contributed by atoms with E-state index in [1.807, 2.05) is 18.2 Å². The summed E-state index contributed by atoms with van der Waals surface area (Å²) >= 11 is 1.12. The Labute approximate surface area is 205 Å². The van der Waals surface area contributed by atoms with Crippen LogP contribution in [0.25, 0.3) is 16.6 Å². The molecule has 9 heteroatoms. The molecule has 35 heavy (non-hydrogen) atoms. The summed E-state index contributed by atoms with van der Waals surface area (Å²) < 4.78 is 16.8. The average Bonchev–Trinajstić information content (AvgIpc) is 2.91. The molecule has 8 nitrogen and oxygen atoms in total. The van der Waals surface area contributed by atoms with Crippen molar-refractivity contribution < 1.29 is 23.8 Å². The van der Waals surface area contributed by atoms with Gasteiger partial charge in [-0.3, -0.25) is 14.2 Å². The maximum absolute atomic E-state index is 13.5. The van der Waals surface area contributed by atoms with E-state index in [4.69, 9.17) is 14.2 Å². The van der Waals surface area contributed by atoms with Gasteiger partial charge in [0.15, 0.2) is 10.9 Å². The number of nitrogens with zero attached hydrogens (tertiary/aromatic N) is 2. The smallest absolute Gasteiger partial charge is 0.337 e. The number of carbonyl (C=O) groups is 2. The first kappa shape index (κ1) is 24.0. The zero-order chi connectivity index (χ0) is 24.9. The number of Topliss-reactive ketones (excluding diaryl/α,β-unsaturated/α-hetero) is 1. The number of thioether (sulfide) groups is 1. The first-order valence-corrected chi connectivity index (χ1v) is 11.5. The number of ether oxygens (including phenoxy) is 3. The lowest BCUT2D eigenvalue weighted by molar-refractivity contribution is 0.0600. The molecule has 1 aromatic heterocycles. The van der Waals surface area contributed by atoms with Gasteiger partial charge in [-0.1, -0.05) is 30.0 Å². The highest BCUT2D eigenvalue weighted by atomic mass is 32.2. The van der Waals surface area contributed by atoms with E-state index < -0.39 is 5.97 Å². The molecule has 1 heterocycles. The molecule has 0 radical (unpaired) electrons. The van der Waals surface area contributed by atoms with Crippen LogP contribution in [0.3, 0.4) is 0 Å². The Morgan fingerprint density at radius 3 is 2.40 bits per heavy atom. The van der Waals surface area contributed by atoms with Crippen molar-refractivity contribution in [3.05, 3.63) is 88.2 Å². The molecule has 4 aromatic rings. The Hall–Kier alpha value is -4.11. The first-order valence-electron chi connectivity index (χ1n) is 10.6. The number of fused-ring (bicyclic) bond motifs is 1. The van der Waals surface area contributed by atoms with Gasteiger partial charge in [-0.25, -0.2) is 9.78 Å². The maximum Gasteiger partial charge on any atom is 0.337 e. The molecule has 0 unspecified atom stereocenters. The minimum Gasteiger partial charge on any atom is -0.497 e. The molecule has 0 atom stereocenters. The van der Waals surface area contributed by atoms with E-state index in [2.05, 4.69) is 4.98 Å². The summed E-state index contributed by atoms with van der Waals surface area (Å²) in [6.07, 6.45) is 0. The molecule has 0 saturated carbocycles. The van der Waals surface area contributed by atoms with E-state index in [9.17, 15) is 14.4 Å². The van der Waals surface area contributed by atoms with Crippen LogP contribution in [0.15, 0.2) is 76.7 Å². The average molecular weight is 491 g/mol. The molecule has 0 amide bonds. The number of benzene rings is 3. The van der Waals surface area contributed by atoms with Crippen molar-refractivity contribution in [2.45, 2.75) is 5.16 Å². The van der Waals surface area contributed by atoms with Crippen LogP contribution in [0, 0.1) is 0 Å². The normalized spacial score (nSPS) is 10.7. The largest absolute Gasteiger partial charge is 0.497 e. The SMILES string of the molecule is COC(=O)c1ccc2c(=O)n(-c3ccccc3)c(SCC(=O)c3ccc(OC)cc3OC)nc2c1. The van der Waals surface area contributed by atoms with Crippen molar-refractivity contribution in [1.82, 2.24) is 9.55 Å². The number of methoxy groups -OCH3 is 3. The number of para-hydroxylation sites is 1. The monoisotopic (exact) mass is 490 g/mol. The van der Waals surface area contributed by atoms with E-state index in [1.54, 1.807) is 36.4 Å². The third-order valence-electron chi connectivity index (χ3n) is 5.32. The van der Waals surface area contributed by atoms with Crippen molar-refractivity contribution >= 4 is 34.4 Å². The topological polar surface area (TPSA) is 96.7 Å². The van der Waals surface area contributed by atoms with Crippen molar-refractivity contribution in [1.29, 1.82) is 0 Å². The Balaban J connectivity index is 1.77. The molecule has 0 aliphatic heterocycles. The Morgan fingerprint density at radius 1 is 0.943 bits per heavy atom. The van der Waals surface area contributed by atoms with Crippen molar-refractivity contribution in [3.8, 4) is 17.2 Å². The van der Waals surface area contributed by atoms with Gasteiger partial charge >= 0.3 is 5.97 Å². The second kappa shape index (κ2) is 10.4. The van der Waals surface area contributed by atoms with Gasteiger partial charge in [-0.05, 0) is 42.5 Å². The van der Waals surface area contributed by atoms with Crippen LogP contribution in [0.4, 0.5) is 0 Å². The lowest BCUT2D eigenvalue weighted by Gasteiger charge is -2.14. The summed E-state index contributed by atoms with van der Waals surface area (Å²) in [4.78, 5) is 43.1. The van der Waals surface area contributed by atoms with E-state index in [-0.39, 0.29) is 22.7 Å². The summed E-state index contributed by atoms with van der Waals surface area (Å²) in [5.41, 5.74) is 1.31. The fraction of sp³-hybridized carbons (Fsp3) is 0.154. The fourth-order valence-corrected chi connectivity index (χ4v) is 4.44. The van der Waals surface area contributed by atoms with E-state index in [1.165, 1.54) is 38.0 Å². The van der Waals surface area contributed by atoms with Crippen molar-refractivity contribution in [2.24, 2.45) is 0 Å². The number of ketones is 1. The Morgan fingerprint density at radius 2 is 1.71 bits per heavy atom. The van der Waals surface area contributed by atoms with Crippen LogP contribution in [-0.2, 0) is 4.74 Å². The van der Waals surface area contributed by atoms with Crippen LogP contribution in [0.1, 0.15) is 20.7 Å². The summed E-state index contributed by atoms with van der Waals surface area (Å²) in [5, 5.41) is 0.658. The fourth-order valence-electron chi connectivity index (χ4n) is 3.55. The second-order valence-corrected chi connectivity index (χ2v) is 8.31. The van der Waals surface area contributed by atoms with Crippen LogP contribution in [0.2, 0.25) is 0 Å². The van der Waals surface area contributed by atoms with Crippen molar-refractivity contribution in [3.63, 3.8) is 0 Å². The first-order chi connectivity index (χ1) is 17.0. The Bertz CT molecular complexity index is 1470. The molecule has 0 aliphatic rings. The van der Waals surface area contributed by atoms with Crippen molar-refractivity contribution in [2.75, 3.05) is 27.1 Å². The molecule has 0 fully saturated rings. The standard InChI is InChI=1S/C26H22N2O6S/c1-32-18-10-12-20(23(14-18)33-2)22(29)15-35-26-27-21-13-16(25(31)34-3)9-11-19(21)24(30)28(26)17-7-5-4-6-8-17/h4-14H,15H2,1-3H3. The van der Waals surface area contributed by atoms with E-state index in [0.717, 1.165) is 11.8 Å². The molecule has 4 rings (SSSR count). The highest BCUT2D eigenvalue weighted by Gasteiger charge is 2.19. The number of rotatable bonds is 8. The van der Waals surface area contributed by atoms with Crippen LogP contribution in [0.5, 0.6) is 11.5 Å². The lowest BCUT2D eigenvalue weighted by Crippen LogP contribution is -2.22. The van der Waals surface area contributed by atoms with Gasteiger partial charge in [-0.2, -0.15) is 0 Å². The minimum absolute atomic E-state index is 0.00413. The predicted octanol–water partition coefficient (Wildman–Crippen LogP) is 4.16. The van der Waals surface area contributed by atoms with Gasteiger partial charge in [0.05, 0.1) is 54.8 Å². The van der Waals surface area contributed by atoms with Gasteiger partial charge in [0.25, 0.3) is 5.56 Å². The molecule has 0 saturated heterocycles. The predicted molar refractivity (Wildman–Crippen MR) is 133 cm³/mol. The molecule has 178 valence electrons. The van der Waals surface area contributed by atoms with E-state index >= 15 is 0 Å². The van der Waals surface area contributed by atoms with Crippen LogP contribution >= 0.6 is 11.8 Å². The lowest BCUT2D eigenvalue weighted by atomic mass is 10.1. The third-order valence-corrected chi connectivity index (χ3v) is 6.25. The number of hydrogen-bond acceptors (Lipinski definition) is 8. The van der Waals surface area contributed by atoms with Crippen LogP contribution in [-0.4, -0.2) is 48.4 Å². The van der Waals surface area contributed by atoms with Gasteiger partial charge < -0.3 is 14.2 Å². The second-order valence-electron chi connectivity index (χ2n) is 7.37. The number of hydrogen-bond donors (Lipinski definition) is 0. The number of aromatic nitrogens is 2. The summed E-state index contributed by atoms with van der Waals surface area (Å²) in [7, 11) is 4.30. The quantitative estimate of drug-likeness (QED) is 0.157. The zero-order valence-corrected chi connectivity index (χ0v) is 20.1. The molecular weight excluding hydrogens is 468 g/mol. The maximum atomic E-state index is 13.5.